The summed E-state index contributed by atoms with van der Waals surface area (Å²) in [4.78, 5) is 2.15. The highest BCUT2D eigenvalue weighted by Crippen LogP contribution is 2.15. The van der Waals surface area contributed by atoms with Gasteiger partial charge < -0.3 is 10.2 Å². The van der Waals surface area contributed by atoms with Crippen LogP contribution in [0, 0.1) is 12.3 Å². The molecule has 0 spiro atoms. The van der Waals surface area contributed by atoms with E-state index in [1.807, 2.05) is 0 Å². The maximum atomic E-state index is 5.09. The van der Waals surface area contributed by atoms with E-state index < -0.39 is 0 Å². The fourth-order valence-electron chi connectivity index (χ4n) is 1.05. The predicted molar refractivity (Wildman–Crippen MR) is 50.2 cm³/mol. The van der Waals surface area contributed by atoms with E-state index in [0.29, 0.717) is 12.6 Å². The number of hydrogen-bond acceptors (Lipinski definition) is 1. The van der Waals surface area contributed by atoms with Crippen molar-refractivity contribution in [3.05, 3.63) is 0 Å². The predicted octanol–water partition coefficient (Wildman–Crippen LogP) is 0.588. The van der Waals surface area contributed by atoms with Crippen LogP contribution in [0.25, 0.3) is 0 Å². The van der Waals surface area contributed by atoms with Crippen molar-refractivity contribution >= 4 is 17.3 Å². The maximum Gasteiger partial charge on any atom is 0.169 e. The van der Waals surface area contributed by atoms with Gasteiger partial charge in [-0.25, -0.2) is 0 Å². The molecule has 1 heterocycles. The van der Waals surface area contributed by atoms with Crippen LogP contribution in [0.2, 0.25) is 0 Å². The van der Waals surface area contributed by atoms with Crippen LogP contribution in [0.5, 0.6) is 0 Å². The molecular formula is C8H12N2S. The average Bonchev–Trinajstić information content (AvgIpc) is 1.98. The van der Waals surface area contributed by atoms with Gasteiger partial charge in [-0.2, -0.15) is 0 Å². The lowest BCUT2D eigenvalue weighted by molar-refractivity contribution is 0.201. The number of terminal acetylenes is 1. The van der Waals surface area contributed by atoms with E-state index in [9.17, 15) is 0 Å². The minimum atomic E-state index is 0.530. The first-order valence-corrected chi connectivity index (χ1v) is 4.14. The van der Waals surface area contributed by atoms with Crippen LogP contribution in [0.1, 0.15) is 13.3 Å². The molecule has 1 atom stereocenters. The van der Waals surface area contributed by atoms with Crippen molar-refractivity contribution in [2.45, 2.75) is 19.4 Å². The molecule has 0 amide bonds. The van der Waals surface area contributed by atoms with Crippen molar-refractivity contribution in [1.82, 2.24) is 10.2 Å². The molecule has 1 fully saturated rings. The summed E-state index contributed by atoms with van der Waals surface area (Å²) in [6, 6.07) is 0.591. The first-order valence-electron chi connectivity index (χ1n) is 3.73. The molecule has 0 bridgehead atoms. The van der Waals surface area contributed by atoms with E-state index in [2.05, 4.69) is 23.1 Å². The van der Waals surface area contributed by atoms with Crippen molar-refractivity contribution in [2.24, 2.45) is 0 Å². The lowest BCUT2D eigenvalue weighted by atomic mass is 10.1. The van der Waals surface area contributed by atoms with Crippen LogP contribution >= 0.6 is 12.2 Å². The SMILES string of the molecule is C#CCNC(=S)N1CCC1C. The molecule has 1 N–H and O–H groups in total. The van der Waals surface area contributed by atoms with Crippen LogP contribution in [-0.4, -0.2) is 29.1 Å². The van der Waals surface area contributed by atoms with E-state index in [0.717, 1.165) is 11.7 Å². The van der Waals surface area contributed by atoms with Crippen molar-refractivity contribution in [3.8, 4) is 12.3 Å². The van der Waals surface area contributed by atoms with Gasteiger partial charge in [0.25, 0.3) is 0 Å². The molecule has 0 aromatic rings. The highest BCUT2D eigenvalue weighted by atomic mass is 32.1. The smallest absolute Gasteiger partial charge is 0.169 e. The van der Waals surface area contributed by atoms with Crippen molar-refractivity contribution in [1.29, 1.82) is 0 Å². The third-order valence-corrected chi connectivity index (χ3v) is 2.30. The zero-order valence-electron chi connectivity index (χ0n) is 6.63. The largest absolute Gasteiger partial charge is 0.352 e. The Morgan fingerprint density at radius 2 is 2.64 bits per heavy atom. The van der Waals surface area contributed by atoms with Gasteiger partial charge in [-0.15, -0.1) is 6.42 Å². The molecule has 11 heavy (non-hydrogen) atoms. The summed E-state index contributed by atoms with van der Waals surface area (Å²) in [5.74, 6) is 2.49. The summed E-state index contributed by atoms with van der Waals surface area (Å²) >= 11 is 5.09. The number of rotatable bonds is 1. The maximum absolute atomic E-state index is 5.09. The standard InChI is InChI=1S/C8H12N2S/c1-3-5-9-8(11)10-6-4-7(10)2/h1,7H,4-6H2,2H3,(H,9,11). The van der Waals surface area contributed by atoms with Gasteiger partial charge in [-0.05, 0) is 25.6 Å². The molecule has 3 heteroatoms. The number of thiocarbonyl (C=S) groups is 1. The average molecular weight is 168 g/mol. The van der Waals surface area contributed by atoms with Crippen LogP contribution < -0.4 is 5.32 Å². The van der Waals surface area contributed by atoms with Gasteiger partial charge in [0.15, 0.2) is 5.11 Å². The lowest BCUT2D eigenvalue weighted by Gasteiger charge is -2.40. The van der Waals surface area contributed by atoms with E-state index in [-0.39, 0.29) is 0 Å². The fourth-order valence-corrected chi connectivity index (χ4v) is 1.39. The Bertz CT molecular complexity index is 195. The third kappa shape index (κ3) is 1.84. The van der Waals surface area contributed by atoms with Gasteiger partial charge in [0.05, 0.1) is 6.54 Å². The van der Waals surface area contributed by atoms with Gasteiger partial charge in [0.1, 0.15) is 0 Å². The van der Waals surface area contributed by atoms with Gasteiger partial charge in [0, 0.05) is 12.6 Å². The summed E-state index contributed by atoms with van der Waals surface area (Å²) in [5, 5.41) is 3.78. The molecule has 0 aromatic carbocycles. The normalized spacial score (nSPS) is 21.8. The Morgan fingerprint density at radius 3 is 3.00 bits per heavy atom. The zero-order chi connectivity index (χ0) is 8.27. The topological polar surface area (TPSA) is 15.3 Å². The van der Waals surface area contributed by atoms with Crippen molar-refractivity contribution in [3.63, 3.8) is 0 Å². The summed E-state index contributed by atoms with van der Waals surface area (Å²) < 4.78 is 0. The second kappa shape index (κ2) is 3.59. The molecule has 0 aliphatic carbocycles. The minimum absolute atomic E-state index is 0.530. The first kappa shape index (κ1) is 8.35. The molecular weight excluding hydrogens is 156 g/mol. The molecule has 0 saturated carbocycles. The van der Waals surface area contributed by atoms with Crippen molar-refractivity contribution < 1.29 is 0 Å². The van der Waals surface area contributed by atoms with Gasteiger partial charge in [-0.1, -0.05) is 5.92 Å². The molecule has 1 aliphatic rings. The molecule has 2 nitrogen and oxygen atoms in total. The number of nitrogens with one attached hydrogen (secondary N) is 1. The number of likely N-dealkylation sites (tertiary alicyclic amines) is 1. The molecule has 1 unspecified atom stereocenters. The first-order chi connectivity index (χ1) is 5.25. The molecule has 1 rings (SSSR count). The van der Waals surface area contributed by atoms with Crippen molar-refractivity contribution in [2.75, 3.05) is 13.1 Å². The highest BCUT2D eigenvalue weighted by Gasteiger charge is 2.24. The van der Waals surface area contributed by atoms with E-state index in [1.165, 1.54) is 6.42 Å². The van der Waals surface area contributed by atoms with Crippen LogP contribution in [0.4, 0.5) is 0 Å². The second-order valence-corrected chi connectivity index (χ2v) is 3.08. The third-order valence-electron chi connectivity index (χ3n) is 1.92. The Hall–Kier alpha value is -0.750. The minimum Gasteiger partial charge on any atom is -0.352 e. The van der Waals surface area contributed by atoms with Gasteiger partial charge >= 0.3 is 0 Å². The molecule has 0 radical (unpaired) electrons. The van der Waals surface area contributed by atoms with E-state index >= 15 is 0 Å². The molecule has 1 aliphatic heterocycles. The lowest BCUT2D eigenvalue weighted by Crippen LogP contribution is -2.53. The monoisotopic (exact) mass is 168 g/mol. The molecule has 60 valence electrons. The Labute approximate surface area is 73.0 Å². The summed E-state index contributed by atoms with van der Waals surface area (Å²) in [7, 11) is 0. The van der Waals surface area contributed by atoms with Gasteiger partial charge in [-0.3, -0.25) is 0 Å². The van der Waals surface area contributed by atoms with Crippen LogP contribution in [0.15, 0.2) is 0 Å². The highest BCUT2D eigenvalue weighted by molar-refractivity contribution is 7.80. The van der Waals surface area contributed by atoms with E-state index in [4.69, 9.17) is 18.6 Å². The number of nitrogens with zero attached hydrogens (tertiary/aromatic N) is 1. The summed E-state index contributed by atoms with van der Waals surface area (Å²) in [6.07, 6.45) is 6.31. The Balaban J connectivity index is 2.25. The Morgan fingerprint density at radius 1 is 1.91 bits per heavy atom. The Kier molecular flexibility index (Phi) is 2.72. The summed E-state index contributed by atoms with van der Waals surface area (Å²) in [5.41, 5.74) is 0. The van der Waals surface area contributed by atoms with E-state index in [1.54, 1.807) is 0 Å². The molecule has 1 saturated heterocycles. The zero-order valence-corrected chi connectivity index (χ0v) is 7.45. The number of hydrogen-bond donors (Lipinski definition) is 1. The van der Waals surface area contributed by atoms with Crippen LogP contribution in [0.3, 0.4) is 0 Å². The summed E-state index contributed by atoms with van der Waals surface area (Å²) in [6.45, 7) is 3.76. The second-order valence-electron chi connectivity index (χ2n) is 2.69. The quantitative estimate of drug-likeness (QED) is 0.455. The van der Waals surface area contributed by atoms with Crippen LogP contribution in [-0.2, 0) is 0 Å². The fraction of sp³-hybridized carbons (Fsp3) is 0.625. The molecule has 0 aromatic heterocycles. The van der Waals surface area contributed by atoms with Gasteiger partial charge in [0.2, 0.25) is 0 Å².